The molecule has 0 bridgehead atoms. The van der Waals surface area contributed by atoms with Crippen LogP contribution in [0.2, 0.25) is 5.02 Å². The van der Waals surface area contributed by atoms with Crippen LogP contribution in [0.4, 0.5) is 5.69 Å². The average molecular weight is 477 g/mol. The molecule has 0 saturated heterocycles. The lowest BCUT2D eigenvalue weighted by atomic mass is 10.2. The number of aromatic nitrogens is 1. The highest BCUT2D eigenvalue weighted by atomic mass is 35.5. The van der Waals surface area contributed by atoms with Gasteiger partial charge in [-0.05, 0) is 37.3 Å². The maximum Gasteiger partial charge on any atom is 0.338 e. The Kier molecular flexibility index (Phi) is 7.91. The Hall–Kier alpha value is -3.30. The number of anilines is 1. The predicted molar refractivity (Wildman–Crippen MR) is 121 cm³/mol. The summed E-state index contributed by atoms with van der Waals surface area (Å²) in [7, 11) is 2.92. The first-order valence-corrected chi connectivity index (χ1v) is 10.7. The Morgan fingerprint density at radius 2 is 1.81 bits per heavy atom. The van der Waals surface area contributed by atoms with Gasteiger partial charge in [-0.3, -0.25) is 4.79 Å². The third-order valence-electron chi connectivity index (χ3n) is 4.23. The van der Waals surface area contributed by atoms with Crippen molar-refractivity contribution in [3.8, 4) is 17.2 Å². The van der Waals surface area contributed by atoms with Crippen molar-refractivity contribution in [1.82, 2.24) is 4.98 Å². The van der Waals surface area contributed by atoms with E-state index < -0.39 is 18.5 Å². The number of hydrogen-bond donors (Lipinski definition) is 1. The number of rotatable bonds is 9. The highest BCUT2D eigenvalue weighted by Gasteiger charge is 2.15. The Morgan fingerprint density at radius 3 is 2.44 bits per heavy atom. The van der Waals surface area contributed by atoms with Gasteiger partial charge >= 0.3 is 5.97 Å². The molecule has 1 aromatic heterocycles. The van der Waals surface area contributed by atoms with Gasteiger partial charge in [0.05, 0.1) is 41.2 Å². The van der Waals surface area contributed by atoms with Crippen LogP contribution in [0.15, 0.2) is 41.8 Å². The fourth-order valence-electron chi connectivity index (χ4n) is 2.68. The number of amides is 1. The molecule has 3 aromatic rings. The van der Waals surface area contributed by atoms with Crippen molar-refractivity contribution >= 4 is 40.5 Å². The largest absolute Gasteiger partial charge is 0.495 e. The molecule has 0 unspecified atom stereocenters. The molecule has 1 heterocycles. The molecule has 2 aromatic carbocycles. The first-order chi connectivity index (χ1) is 15.4. The molecule has 1 N–H and O–H groups in total. The molecule has 0 aliphatic carbocycles. The molecule has 32 heavy (non-hydrogen) atoms. The van der Waals surface area contributed by atoms with Gasteiger partial charge in [-0.1, -0.05) is 11.6 Å². The molecular weight excluding hydrogens is 456 g/mol. The fourth-order valence-corrected chi connectivity index (χ4v) is 3.52. The highest BCUT2D eigenvalue weighted by molar-refractivity contribution is 7.09. The second-order valence-electron chi connectivity index (χ2n) is 6.48. The summed E-state index contributed by atoms with van der Waals surface area (Å²) in [5.74, 6) is 0.169. The van der Waals surface area contributed by atoms with Gasteiger partial charge in [-0.25, -0.2) is 9.78 Å². The van der Waals surface area contributed by atoms with Crippen molar-refractivity contribution in [3.05, 3.63) is 63.1 Å². The summed E-state index contributed by atoms with van der Waals surface area (Å²) in [6.45, 7) is 1.79. The second-order valence-corrected chi connectivity index (χ2v) is 7.95. The molecule has 168 valence electrons. The minimum absolute atomic E-state index is 0.291. The molecule has 3 rings (SSSR count). The summed E-state index contributed by atoms with van der Waals surface area (Å²) in [6, 6.07) is 9.47. The zero-order chi connectivity index (χ0) is 23.1. The minimum Gasteiger partial charge on any atom is -0.495 e. The first kappa shape index (κ1) is 23.4. The Labute approximate surface area is 194 Å². The summed E-state index contributed by atoms with van der Waals surface area (Å²) < 4.78 is 21.1. The van der Waals surface area contributed by atoms with Gasteiger partial charge < -0.3 is 24.3 Å². The van der Waals surface area contributed by atoms with Crippen LogP contribution >= 0.6 is 22.9 Å². The van der Waals surface area contributed by atoms with Crippen LogP contribution in [0.25, 0.3) is 0 Å². The van der Waals surface area contributed by atoms with Gasteiger partial charge in [-0.2, -0.15) is 0 Å². The summed E-state index contributed by atoms with van der Waals surface area (Å²) in [6.07, 6.45) is 0. The van der Waals surface area contributed by atoms with Gasteiger partial charge in [0.1, 0.15) is 23.9 Å². The van der Waals surface area contributed by atoms with Crippen LogP contribution in [-0.4, -0.2) is 37.7 Å². The number of nitrogens with zero attached hydrogens (tertiary/aromatic N) is 1. The van der Waals surface area contributed by atoms with Crippen molar-refractivity contribution in [1.29, 1.82) is 0 Å². The van der Waals surface area contributed by atoms with E-state index in [4.69, 9.17) is 30.5 Å². The lowest BCUT2D eigenvalue weighted by Gasteiger charge is -2.13. The number of thiazole rings is 1. The number of hydrogen-bond acceptors (Lipinski definition) is 8. The van der Waals surface area contributed by atoms with Crippen LogP contribution in [0, 0.1) is 6.92 Å². The van der Waals surface area contributed by atoms with E-state index in [-0.39, 0.29) is 0 Å². The second kappa shape index (κ2) is 10.8. The predicted octanol–water partition coefficient (Wildman–Crippen LogP) is 4.50. The van der Waals surface area contributed by atoms with Crippen LogP contribution in [0.1, 0.15) is 21.1 Å². The monoisotopic (exact) mass is 476 g/mol. The van der Waals surface area contributed by atoms with Crippen LogP contribution in [-0.2, 0) is 16.1 Å². The Morgan fingerprint density at radius 1 is 1.09 bits per heavy atom. The van der Waals surface area contributed by atoms with Crippen molar-refractivity contribution in [3.63, 3.8) is 0 Å². The number of benzene rings is 2. The zero-order valence-corrected chi connectivity index (χ0v) is 19.2. The maximum atomic E-state index is 12.2. The molecule has 10 heteroatoms. The summed E-state index contributed by atoms with van der Waals surface area (Å²) in [5, 5.41) is 5.80. The lowest BCUT2D eigenvalue weighted by Crippen LogP contribution is -2.21. The first-order valence-electron chi connectivity index (χ1n) is 9.42. The number of halogens is 1. The smallest absolute Gasteiger partial charge is 0.338 e. The van der Waals surface area contributed by atoms with E-state index in [1.165, 1.54) is 20.3 Å². The van der Waals surface area contributed by atoms with Gasteiger partial charge in [0.2, 0.25) is 0 Å². The molecule has 8 nitrogen and oxygen atoms in total. The summed E-state index contributed by atoms with van der Waals surface area (Å²) in [4.78, 5) is 28.8. The molecule has 0 saturated carbocycles. The molecule has 0 fully saturated rings. The van der Waals surface area contributed by atoms with Crippen LogP contribution in [0.5, 0.6) is 17.2 Å². The van der Waals surface area contributed by atoms with Crippen LogP contribution in [0.3, 0.4) is 0 Å². The average Bonchev–Trinajstić information content (AvgIpc) is 3.21. The van der Waals surface area contributed by atoms with E-state index in [1.807, 2.05) is 12.3 Å². The third-order valence-corrected chi connectivity index (χ3v) is 5.34. The molecule has 0 atom stereocenters. The minimum atomic E-state index is -0.637. The van der Waals surface area contributed by atoms with E-state index in [1.54, 1.807) is 41.7 Å². The van der Waals surface area contributed by atoms with Gasteiger partial charge in [0.15, 0.2) is 6.61 Å². The van der Waals surface area contributed by atoms with Crippen molar-refractivity contribution in [2.24, 2.45) is 0 Å². The number of carbonyl (C=O) groups is 2. The topological polar surface area (TPSA) is 96.0 Å². The number of aryl methyl sites for hydroxylation is 1. The Balaban J connectivity index is 1.51. The van der Waals surface area contributed by atoms with E-state index in [0.29, 0.717) is 40.1 Å². The summed E-state index contributed by atoms with van der Waals surface area (Å²) in [5.41, 5.74) is 1.47. The van der Waals surface area contributed by atoms with Crippen molar-refractivity contribution < 1.29 is 28.5 Å². The normalized spacial score (nSPS) is 10.4. The summed E-state index contributed by atoms with van der Waals surface area (Å²) >= 11 is 7.64. The van der Waals surface area contributed by atoms with E-state index in [0.717, 1.165) is 10.7 Å². The maximum absolute atomic E-state index is 12.2. The molecule has 1 amide bonds. The highest BCUT2D eigenvalue weighted by Crippen LogP contribution is 2.35. The lowest BCUT2D eigenvalue weighted by molar-refractivity contribution is -0.119. The molecular formula is C22H21ClN2O6S. The number of methoxy groups -OCH3 is 2. The van der Waals surface area contributed by atoms with Crippen LogP contribution < -0.4 is 19.5 Å². The number of carbonyl (C=O) groups excluding carboxylic acids is 2. The Bertz CT molecular complexity index is 1100. The fraction of sp³-hybridized carbons (Fsp3) is 0.227. The van der Waals surface area contributed by atoms with Gasteiger partial charge in [-0.15, -0.1) is 11.3 Å². The molecule has 0 radical (unpaired) electrons. The SMILES string of the molecule is COc1cc(OC)c(NC(=O)COC(=O)c2ccc(OCc3csc(C)n3)cc2)cc1Cl. The molecule has 0 aliphatic heterocycles. The molecule has 0 aliphatic rings. The number of esters is 1. The van der Waals surface area contributed by atoms with E-state index >= 15 is 0 Å². The van der Waals surface area contributed by atoms with E-state index in [2.05, 4.69) is 10.3 Å². The zero-order valence-electron chi connectivity index (χ0n) is 17.6. The third kappa shape index (κ3) is 6.12. The quantitative estimate of drug-likeness (QED) is 0.454. The van der Waals surface area contributed by atoms with Gasteiger partial charge in [0.25, 0.3) is 5.91 Å². The molecule has 0 spiro atoms. The van der Waals surface area contributed by atoms with E-state index in [9.17, 15) is 9.59 Å². The number of nitrogens with one attached hydrogen (secondary N) is 1. The standard InChI is InChI=1S/C22H21ClN2O6S/c1-13-24-15(12-32-13)10-30-16-6-4-14(5-7-16)22(27)31-11-21(26)25-18-8-17(23)19(28-2)9-20(18)29-3/h4-9,12H,10-11H2,1-3H3,(H,25,26). The van der Waals surface area contributed by atoms with Crippen molar-refractivity contribution in [2.75, 3.05) is 26.1 Å². The van der Waals surface area contributed by atoms with Crippen molar-refractivity contribution in [2.45, 2.75) is 13.5 Å². The number of ether oxygens (including phenoxy) is 4. The van der Waals surface area contributed by atoms with Gasteiger partial charge in [0, 0.05) is 11.4 Å².